The summed E-state index contributed by atoms with van der Waals surface area (Å²) in [6.07, 6.45) is 3.44. The number of hydrogen-bond acceptors (Lipinski definition) is 7. The molecule has 0 N–H and O–H groups in total. The molecule has 9 nitrogen and oxygen atoms in total. The van der Waals surface area contributed by atoms with E-state index in [2.05, 4.69) is 10.1 Å². The van der Waals surface area contributed by atoms with Crippen LogP contribution in [0.1, 0.15) is 26.4 Å². The van der Waals surface area contributed by atoms with Crippen LogP contribution in [0, 0.1) is 0 Å². The zero-order chi connectivity index (χ0) is 24.7. The topological polar surface area (TPSA) is 105 Å². The van der Waals surface area contributed by atoms with Crippen LogP contribution >= 0.6 is 0 Å². The molecule has 0 aliphatic carbocycles. The summed E-state index contributed by atoms with van der Waals surface area (Å²) in [6.45, 7) is 0.209. The second-order valence-corrected chi connectivity index (χ2v) is 10.4. The molecule has 3 heterocycles. The maximum absolute atomic E-state index is 13.0. The molecular weight excluding hydrogens is 466 g/mol. The zero-order valence-corrected chi connectivity index (χ0v) is 20.0. The first-order chi connectivity index (χ1) is 16.8. The first-order valence-corrected chi connectivity index (χ1v) is 12.5. The number of nitrogens with zero attached hydrogens (tertiary/aromatic N) is 5. The molecule has 0 radical (unpaired) electrons. The Labute approximate surface area is 202 Å². The van der Waals surface area contributed by atoms with Crippen molar-refractivity contribution in [2.75, 3.05) is 20.6 Å². The van der Waals surface area contributed by atoms with Crippen molar-refractivity contribution in [1.82, 2.24) is 24.0 Å². The fraction of sp³-hybridized carbons (Fsp3) is 0.200. The third-order valence-electron chi connectivity index (χ3n) is 6.19. The van der Waals surface area contributed by atoms with Gasteiger partial charge in [-0.15, -0.1) is 0 Å². The molecule has 178 valence electrons. The quantitative estimate of drug-likeness (QED) is 0.367. The van der Waals surface area contributed by atoms with E-state index >= 15 is 0 Å². The second kappa shape index (κ2) is 8.71. The average Bonchev–Trinajstić information content (AvgIpc) is 3.39. The van der Waals surface area contributed by atoms with Crippen LogP contribution in [0.3, 0.4) is 0 Å². The highest BCUT2D eigenvalue weighted by Gasteiger charge is 2.36. The van der Waals surface area contributed by atoms with Gasteiger partial charge in [-0.3, -0.25) is 19.5 Å². The number of rotatable bonds is 7. The fourth-order valence-electron chi connectivity index (χ4n) is 4.21. The molecule has 1 atom stereocenters. The van der Waals surface area contributed by atoms with Gasteiger partial charge in [0.05, 0.1) is 28.4 Å². The Bertz CT molecular complexity index is 1510. The van der Waals surface area contributed by atoms with Gasteiger partial charge in [0.15, 0.2) is 0 Å². The van der Waals surface area contributed by atoms with Gasteiger partial charge < -0.3 is 4.90 Å². The molecule has 0 fully saturated rings. The van der Waals surface area contributed by atoms with Gasteiger partial charge in [-0.05, 0) is 44.4 Å². The van der Waals surface area contributed by atoms with E-state index < -0.39 is 10.0 Å². The Hall–Kier alpha value is -3.89. The van der Waals surface area contributed by atoms with Crippen molar-refractivity contribution in [1.29, 1.82) is 0 Å². The molecule has 0 saturated carbocycles. The molecule has 35 heavy (non-hydrogen) atoms. The van der Waals surface area contributed by atoms with Crippen LogP contribution in [0.15, 0.2) is 78.0 Å². The van der Waals surface area contributed by atoms with E-state index in [0.29, 0.717) is 34.1 Å². The smallest absolute Gasteiger partial charge is 0.283 e. The van der Waals surface area contributed by atoms with Gasteiger partial charge in [-0.25, -0.2) is 0 Å². The summed E-state index contributed by atoms with van der Waals surface area (Å²) in [4.78, 5) is 33.5. The number of fused-ring (bicyclic) bond motifs is 2. The SMILES string of the molecule is CN(C)C(Cc1cc2cnn(S(=O)(=O)c3ccccc3)c2cn1)CN1C(=O)c2ccccc2C1=O. The molecule has 0 saturated heterocycles. The van der Waals surface area contributed by atoms with Crippen molar-refractivity contribution >= 4 is 32.7 Å². The third kappa shape index (κ3) is 4.00. The van der Waals surface area contributed by atoms with E-state index in [-0.39, 0.29) is 29.3 Å². The van der Waals surface area contributed by atoms with Crippen molar-refractivity contribution in [2.45, 2.75) is 17.4 Å². The summed E-state index contributed by atoms with van der Waals surface area (Å²) < 4.78 is 27.0. The second-order valence-electron chi connectivity index (χ2n) is 8.63. The molecule has 4 aromatic rings. The molecule has 2 aromatic carbocycles. The van der Waals surface area contributed by atoms with E-state index in [9.17, 15) is 18.0 Å². The number of likely N-dealkylation sites (N-methyl/N-ethyl adjacent to an activating group) is 1. The van der Waals surface area contributed by atoms with Crippen molar-refractivity contribution in [2.24, 2.45) is 0 Å². The number of aromatic nitrogens is 3. The summed E-state index contributed by atoms with van der Waals surface area (Å²) in [5.41, 5.74) is 1.91. The highest BCUT2D eigenvalue weighted by molar-refractivity contribution is 7.90. The van der Waals surface area contributed by atoms with E-state index in [1.54, 1.807) is 48.5 Å². The lowest BCUT2D eigenvalue weighted by Crippen LogP contribution is -2.44. The highest BCUT2D eigenvalue weighted by atomic mass is 32.2. The van der Waals surface area contributed by atoms with Gasteiger partial charge in [-0.2, -0.15) is 17.6 Å². The fourth-order valence-corrected chi connectivity index (χ4v) is 5.50. The van der Waals surface area contributed by atoms with Crippen molar-refractivity contribution in [3.63, 3.8) is 0 Å². The van der Waals surface area contributed by atoms with Gasteiger partial charge in [0.25, 0.3) is 21.8 Å². The molecule has 1 aliphatic rings. The van der Waals surface area contributed by atoms with Crippen LogP contribution < -0.4 is 0 Å². The number of pyridine rings is 1. The van der Waals surface area contributed by atoms with Crippen molar-refractivity contribution in [3.8, 4) is 0 Å². The van der Waals surface area contributed by atoms with Gasteiger partial charge >= 0.3 is 0 Å². The van der Waals surface area contributed by atoms with Crippen molar-refractivity contribution in [3.05, 3.63) is 89.9 Å². The monoisotopic (exact) mass is 489 g/mol. The number of benzene rings is 2. The van der Waals surface area contributed by atoms with Crippen LogP contribution in [0.5, 0.6) is 0 Å². The average molecular weight is 490 g/mol. The summed E-state index contributed by atoms with van der Waals surface area (Å²) in [7, 11) is -0.0885. The number of amides is 2. The standard InChI is InChI=1S/C25H23N5O4S/c1-28(2)19(16-29-24(31)21-10-6-7-11-22(21)25(29)32)13-18-12-17-14-27-30(23(17)15-26-18)35(33,34)20-8-4-3-5-9-20/h3-12,14-15,19H,13,16H2,1-2H3. The molecule has 0 bridgehead atoms. The number of hydrogen-bond donors (Lipinski definition) is 0. The summed E-state index contributed by atoms with van der Waals surface area (Å²) >= 11 is 0. The van der Waals surface area contributed by atoms with Gasteiger partial charge in [0.1, 0.15) is 5.52 Å². The summed E-state index contributed by atoms with van der Waals surface area (Å²) in [5, 5.41) is 4.74. The molecule has 10 heteroatoms. The Morgan fingerprint density at radius 3 is 2.17 bits per heavy atom. The summed E-state index contributed by atoms with van der Waals surface area (Å²) in [6, 6.07) is 16.5. The molecule has 2 amide bonds. The first kappa shape index (κ1) is 22.9. The van der Waals surface area contributed by atoms with E-state index in [1.807, 2.05) is 19.0 Å². The molecular formula is C25H23N5O4S. The highest BCUT2D eigenvalue weighted by Crippen LogP contribution is 2.24. The molecule has 0 spiro atoms. The summed E-state index contributed by atoms with van der Waals surface area (Å²) in [5.74, 6) is -0.596. The lowest BCUT2D eigenvalue weighted by molar-refractivity contribution is 0.0611. The normalized spacial score (nSPS) is 14.7. The Kier molecular flexibility index (Phi) is 5.70. The predicted octanol–water partition coefficient (Wildman–Crippen LogP) is 2.44. The number of carbonyl (C=O) groups is 2. The largest absolute Gasteiger partial charge is 0.304 e. The molecule has 1 unspecified atom stereocenters. The number of imide groups is 1. The van der Waals surface area contributed by atoms with Crippen LogP contribution in [0.2, 0.25) is 0 Å². The minimum atomic E-state index is -3.85. The van der Waals surface area contributed by atoms with E-state index in [1.165, 1.54) is 29.4 Å². The predicted molar refractivity (Wildman–Crippen MR) is 130 cm³/mol. The Morgan fingerprint density at radius 2 is 1.54 bits per heavy atom. The Balaban J connectivity index is 1.40. The maximum Gasteiger partial charge on any atom is 0.283 e. The Morgan fingerprint density at radius 1 is 0.914 bits per heavy atom. The number of carbonyl (C=O) groups excluding carboxylic acids is 2. The molecule has 5 rings (SSSR count). The maximum atomic E-state index is 13.0. The third-order valence-corrected chi connectivity index (χ3v) is 7.81. The zero-order valence-electron chi connectivity index (χ0n) is 19.2. The van der Waals surface area contributed by atoms with Crippen LogP contribution in [0.25, 0.3) is 10.9 Å². The van der Waals surface area contributed by atoms with Gasteiger partial charge in [-0.1, -0.05) is 30.3 Å². The van der Waals surface area contributed by atoms with E-state index in [4.69, 9.17) is 0 Å². The first-order valence-electron chi connectivity index (χ1n) is 11.0. The van der Waals surface area contributed by atoms with E-state index in [0.717, 1.165) is 4.09 Å². The lowest BCUT2D eigenvalue weighted by atomic mass is 10.1. The van der Waals surface area contributed by atoms with Crippen LogP contribution in [-0.4, -0.2) is 70.9 Å². The molecule has 2 aromatic heterocycles. The van der Waals surface area contributed by atoms with Gasteiger partial charge in [0, 0.05) is 30.1 Å². The molecule has 1 aliphatic heterocycles. The van der Waals surface area contributed by atoms with Crippen LogP contribution in [0.4, 0.5) is 0 Å². The van der Waals surface area contributed by atoms with Gasteiger partial charge in [0.2, 0.25) is 0 Å². The minimum Gasteiger partial charge on any atom is -0.304 e. The van der Waals surface area contributed by atoms with Crippen molar-refractivity contribution < 1.29 is 18.0 Å². The van der Waals surface area contributed by atoms with Crippen LogP contribution in [-0.2, 0) is 16.4 Å². The minimum absolute atomic E-state index is 0.141. The lowest BCUT2D eigenvalue weighted by Gasteiger charge is -2.28.